The van der Waals surface area contributed by atoms with Gasteiger partial charge in [0.2, 0.25) is 6.33 Å². The Balaban J connectivity index is 0.000000336. The van der Waals surface area contributed by atoms with Gasteiger partial charge in [0.05, 0.1) is 13.7 Å². The molecule has 88 valence electrons. The van der Waals surface area contributed by atoms with E-state index in [0.29, 0.717) is 0 Å². The van der Waals surface area contributed by atoms with Gasteiger partial charge in [-0.15, -0.1) is 0 Å². The first kappa shape index (κ1) is 14.0. The minimum Gasteiger partial charge on any atom is -0.418 e. The van der Waals surface area contributed by atoms with Gasteiger partial charge in [0.1, 0.15) is 18.9 Å². The normalized spacial score (nSPS) is 10.8. The Hall–Kier alpha value is -1.05. The summed E-state index contributed by atoms with van der Waals surface area (Å²) >= 11 is 0. The zero-order chi connectivity index (χ0) is 11.9. The summed E-state index contributed by atoms with van der Waals surface area (Å²) in [5, 5.41) is 0. The highest BCUT2D eigenvalue weighted by Crippen LogP contribution is 2.06. The third kappa shape index (κ3) is 10.9. The Kier molecular flexibility index (Phi) is 5.99. The minimum atomic E-state index is -6.00. The Labute approximate surface area is 85.4 Å². The number of rotatable bonds is 3. The van der Waals surface area contributed by atoms with E-state index < -0.39 is 7.25 Å². The summed E-state index contributed by atoms with van der Waals surface area (Å²) in [6.45, 7) is 1.70. The molecule has 3 nitrogen and oxygen atoms in total. The summed E-state index contributed by atoms with van der Waals surface area (Å²) in [7, 11) is -2.28. The largest absolute Gasteiger partial charge is 0.673 e. The van der Waals surface area contributed by atoms with E-state index in [4.69, 9.17) is 4.74 Å². The van der Waals surface area contributed by atoms with Crippen molar-refractivity contribution in [2.24, 2.45) is 7.05 Å². The molecular formula is C7H13BF4N2O. The fraction of sp³-hybridized carbons (Fsp3) is 0.571. The van der Waals surface area contributed by atoms with Crippen LogP contribution in [-0.2, 0) is 18.3 Å². The van der Waals surface area contributed by atoms with Crippen molar-refractivity contribution >= 4 is 7.25 Å². The first-order valence-corrected chi connectivity index (χ1v) is 4.20. The van der Waals surface area contributed by atoms with Crippen LogP contribution in [0.4, 0.5) is 17.3 Å². The minimum absolute atomic E-state index is 0.772. The predicted octanol–water partition coefficient (Wildman–Crippen LogP) is 1.26. The molecule has 0 unspecified atom stereocenters. The fourth-order valence-corrected chi connectivity index (χ4v) is 0.831. The number of halogens is 4. The molecule has 1 rings (SSSR count). The van der Waals surface area contributed by atoms with Crippen LogP contribution in [0.2, 0.25) is 0 Å². The van der Waals surface area contributed by atoms with Crippen LogP contribution >= 0.6 is 0 Å². The molecule has 15 heavy (non-hydrogen) atoms. The molecule has 0 radical (unpaired) electrons. The Morgan fingerprint density at radius 1 is 1.33 bits per heavy atom. The van der Waals surface area contributed by atoms with Gasteiger partial charge in [0.15, 0.2) is 0 Å². The van der Waals surface area contributed by atoms with Crippen molar-refractivity contribution in [2.75, 3.05) is 13.7 Å². The zero-order valence-electron chi connectivity index (χ0n) is 8.54. The summed E-state index contributed by atoms with van der Waals surface area (Å²) in [4.78, 5) is 0. The molecule has 0 aromatic carbocycles. The number of methoxy groups -OCH3 is 1. The average molecular weight is 228 g/mol. The number of aromatic nitrogens is 2. The van der Waals surface area contributed by atoms with Crippen LogP contribution in [0.15, 0.2) is 18.7 Å². The molecule has 0 N–H and O–H groups in total. The number of aryl methyl sites for hydroxylation is 1. The molecule has 1 aromatic rings. The second kappa shape index (κ2) is 6.44. The van der Waals surface area contributed by atoms with E-state index in [0.717, 1.165) is 13.2 Å². The lowest BCUT2D eigenvalue weighted by Crippen LogP contribution is -2.33. The van der Waals surface area contributed by atoms with Crippen molar-refractivity contribution < 1.29 is 26.6 Å². The summed E-state index contributed by atoms with van der Waals surface area (Å²) in [5.41, 5.74) is 0. The van der Waals surface area contributed by atoms with E-state index in [1.807, 2.05) is 30.3 Å². The van der Waals surface area contributed by atoms with Crippen LogP contribution in [0.1, 0.15) is 0 Å². The molecule has 0 aliphatic heterocycles. The van der Waals surface area contributed by atoms with Gasteiger partial charge in [0.25, 0.3) is 0 Å². The Morgan fingerprint density at radius 2 is 1.87 bits per heavy atom. The van der Waals surface area contributed by atoms with E-state index >= 15 is 0 Å². The van der Waals surface area contributed by atoms with Gasteiger partial charge in [0, 0.05) is 7.11 Å². The highest BCUT2D eigenvalue weighted by Gasteiger charge is 2.20. The summed E-state index contributed by atoms with van der Waals surface area (Å²) in [6.07, 6.45) is 6.06. The summed E-state index contributed by atoms with van der Waals surface area (Å²) < 4.78 is 48.0. The van der Waals surface area contributed by atoms with E-state index in [2.05, 4.69) is 4.57 Å². The number of hydrogen-bond donors (Lipinski definition) is 0. The van der Waals surface area contributed by atoms with Crippen LogP contribution in [0.5, 0.6) is 0 Å². The van der Waals surface area contributed by atoms with Crippen LogP contribution in [-0.4, -0.2) is 25.5 Å². The highest BCUT2D eigenvalue weighted by molar-refractivity contribution is 6.50. The van der Waals surface area contributed by atoms with Gasteiger partial charge >= 0.3 is 7.25 Å². The van der Waals surface area contributed by atoms with Gasteiger partial charge in [-0.1, -0.05) is 0 Å². The van der Waals surface area contributed by atoms with Crippen LogP contribution in [0.3, 0.4) is 0 Å². The molecule has 1 aromatic heterocycles. The smallest absolute Gasteiger partial charge is 0.418 e. The lowest BCUT2D eigenvalue weighted by Gasteiger charge is -1.94. The lowest BCUT2D eigenvalue weighted by atomic mass is 10.3. The van der Waals surface area contributed by atoms with Crippen molar-refractivity contribution in [1.82, 2.24) is 4.57 Å². The highest BCUT2D eigenvalue weighted by atomic mass is 19.5. The average Bonchev–Trinajstić information content (AvgIpc) is 2.45. The molecule has 0 spiro atoms. The lowest BCUT2D eigenvalue weighted by molar-refractivity contribution is -0.697. The quantitative estimate of drug-likeness (QED) is 0.432. The van der Waals surface area contributed by atoms with Gasteiger partial charge in [-0.05, 0) is 0 Å². The molecular weight excluding hydrogens is 215 g/mol. The van der Waals surface area contributed by atoms with Gasteiger partial charge in [-0.3, -0.25) is 0 Å². The first-order valence-electron chi connectivity index (χ1n) is 4.20. The monoisotopic (exact) mass is 228 g/mol. The topological polar surface area (TPSA) is 18.0 Å². The van der Waals surface area contributed by atoms with Crippen LogP contribution in [0, 0.1) is 0 Å². The molecule has 0 fully saturated rings. The van der Waals surface area contributed by atoms with Gasteiger partial charge < -0.3 is 22.0 Å². The predicted molar refractivity (Wildman–Crippen MR) is 47.7 cm³/mol. The first-order chi connectivity index (χ1) is 6.83. The maximum absolute atomic E-state index is 9.75. The second-order valence-corrected chi connectivity index (χ2v) is 2.80. The number of hydrogen-bond acceptors (Lipinski definition) is 1. The second-order valence-electron chi connectivity index (χ2n) is 2.80. The van der Waals surface area contributed by atoms with Crippen molar-refractivity contribution in [3.05, 3.63) is 18.7 Å². The van der Waals surface area contributed by atoms with Crippen molar-refractivity contribution in [1.29, 1.82) is 0 Å². The summed E-state index contributed by atoms with van der Waals surface area (Å²) in [6, 6.07) is 0. The summed E-state index contributed by atoms with van der Waals surface area (Å²) in [5.74, 6) is 0. The molecule has 0 aliphatic rings. The Bertz CT molecular complexity index is 270. The molecule has 8 heteroatoms. The number of ether oxygens (including phenoxy) is 1. The molecule has 0 amide bonds. The Morgan fingerprint density at radius 3 is 2.20 bits per heavy atom. The molecule has 0 aliphatic carbocycles. The molecule has 0 saturated heterocycles. The standard InChI is InChI=1S/C7H13N2O.BF4/c1-8-3-4-9(7-8)5-6-10-2;2-1(3,4)5/h3-4,7H,5-6H2,1-2H3;/q+1;-1. The van der Waals surface area contributed by atoms with E-state index in [1.165, 1.54) is 0 Å². The fourth-order valence-electron chi connectivity index (χ4n) is 0.831. The molecule has 0 saturated carbocycles. The van der Waals surface area contributed by atoms with Crippen molar-refractivity contribution in [3.8, 4) is 0 Å². The van der Waals surface area contributed by atoms with Crippen molar-refractivity contribution in [3.63, 3.8) is 0 Å². The van der Waals surface area contributed by atoms with Gasteiger partial charge in [-0.25, -0.2) is 9.13 Å². The van der Waals surface area contributed by atoms with E-state index in [1.54, 1.807) is 7.11 Å². The zero-order valence-corrected chi connectivity index (χ0v) is 8.54. The third-order valence-electron chi connectivity index (χ3n) is 1.38. The van der Waals surface area contributed by atoms with Crippen LogP contribution in [0.25, 0.3) is 0 Å². The van der Waals surface area contributed by atoms with Crippen LogP contribution < -0.4 is 4.57 Å². The number of nitrogens with zero attached hydrogens (tertiary/aromatic N) is 2. The van der Waals surface area contributed by atoms with Gasteiger partial charge in [-0.2, -0.15) is 0 Å². The van der Waals surface area contributed by atoms with E-state index in [-0.39, 0.29) is 0 Å². The maximum Gasteiger partial charge on any atom is 0.673 e. The SMILES string of the molecule is COCC[n+]1ccn(C)c1.F[B-](F)(F)F. The van der Waals surface area contributed by atoms with E-state index in [9.17, 15) is 17.3 Å². The number of imidazole rings is 1. The van der Waals surface area contributed by atoms with Crippen molar-refractivity contribution in [2.45, 2.75) is 6.54 Å². The third-order valence-corrected chi connectivity index (χ3v) is 1.38. The molecule has 0 atom stereocenters. The molecule has 1 heterocycles. The maximum atomic E-state index is 9.75. The molecule has 0 bridgehead atoms.